The van der Waals surface area contributed by atoms with Gasteiger partial charge in [0, 0.05) is 5.56 Å². The molecule has 0 saturated carbocycles. The van der Waals surface area contributed by atoms with Gasteiger partial charge in [-0.1, -0.05) is 0 Å². The molecule has 2 atom stereocenters. The summed E-state index contributed by atoms with van der Waals surface area (Å²) in [6, 6.07) is 4.63. The van der Waals surface area contributed by atoms with E-state index in [0.29, 0.717) is 5.75 Å². The van der Waals surface area contributed by atoms with Gasteiger partial charge in [-0.15, -0.1) is 0 Å². The second-order valence-electron chi connectivity index (χ2n) is 3.71. The molecule has 0 radical (unpaired) electrons. The molecule has 1 saturated heterocycles. The second-order valence-corrected chi connectivity index (χ2v) is 3.71. The van der Waals surface area contributed by atoms with Gasteiger partial charge in [0.1, 0.15) is 17.1 Å². The number of carbonyl (C=O) groups excluding carboxylic acids is 1. The van der Waals surface area contributed by atoms with E-state index in [4.69, 9.17) is 9.47 Å². The van der Waals surface area contributed by atoms with Crippen molar-refractivity contribution >= 4 is 5.97 Å². The lowest BCUT2D eigenvalue weighted by Gasteiger charge is -2.17. The number of aromatic hydroxyl groups is 1. The highest BCUT2D eigenvalue weighted by Gasteiger charge is 2.63. The Bertz CT molecular complexity index is 440. The number of hydrogen-bond donors (Lipinski definition) is 1. The summed E-state index contributed by atoms with van der Waals surface area (Å²) < 4.78 is 10.3. The Hall–Kier alpha value is -1.55. The van der Waals surface area contributed by atoms with Crippen molar-refractivity contribution in [3.05, 3.63) is 23.8 Å². The highest BCUT2D eigenvalue weighted by atomic mass is 16.7. The van der Waals surface area contributed by atoms with E-state index in [0.717, 1.165) is 5.56 Å². The third kappa shape index (κ3) is 0.786. The van der Waals surface area contributed by atoms with Crippen LogP contribution in [0.2, 0.25) is 0 Å². The van der Waals surface area contributed by atoms with Crippen LogP contribution in [0.5, 0.6) is 11.5 Å². The summed E-state index contributed by atoms with van der Waals surface area (Å²) in [6.45, 7) is 1.82. The fraction of sp³-hybridized carbons (Fsp3) is 0.300. The lowest BCUT2D eigenvalue weighted by molar-refractivity contribution is -0.136. The molecule has 1 N–H and O–H groups in total. The summed E-state index contributed by atoms with van der Waals surface area (Å²) in [5.41, 5.74) is 0.144. The molecule has 0 aromatic heterocycles. The van der Waals surface area contributed by atoms with Crippen molar-refractivity contribution < 1.29 is 19.4 Å². The molecule has 2 unspecified atom stereocenters. The van der Waals surface area contributed by atoms with Crippen LogP contribution in [0.4, 0.5) is 0 Å². The summed E-state index contributed by atoms with van der Waals surface area (Å²) in [4.78, 5) is 11.3. The van der Waals surface area contributed by atoms with Gasteiger partial charge in [0.2, 0.25) is 0 Å². The van der Waals surface area contributed by atoms with Gasteiger partial charge >= 0.3 is 5.97 Å². The molecular weight excluding hydrogens is 184 g/mol. The van der Waals surface area contributed by atoms with Gasteiger partial charge in [0.15, 0.2) is 6.10 Å². The molecule has 72 valence electrons. The monoisotopic (exact) mass is 192 g/mol. The van der Waals surface area contributed by atoms with Crippen LogP contribution >= 0.6 is 0 Å². The summed E-state index contributed by atoms with van der Waals surface area (Å²) in [6.07, 6.45) is -0.503. The van der Waals surface area contributed by atoms with Crippen LogP contribution in [-0.4, -0.2) is 17.2 Å². The van der Waals surface area contributed by atoms with Gasteiger partial charge in [-0.2, -0.15) is 0 Å². The first-order chi connectivity index (χ1) is 6.61. The number of benzene rings is 1. The fourth-order valence-electron chi connectivity index (χ4n) is 1.85. The number of phenols is 1. The molecule has 0 bridgehead atoms. The maximum absolute atomic E-state index is 11.3. The molecule has 14 heavy (non-hydrogen) atoms. The van der Waals surface area contributed by atoms with Crippen LogP contribution < -0.4 is 4.74 Å². The standard InChI is InChI=1S/C10H8O4/c1-10-6-4-5(11)2-3-7(6)13-9(12)8(10)14-10/h2-4,8,11H,1H3. The number of esters is 1. The Labute approximate surface area is 80.1 Å². The quantitative estimate of drug-likeness (QED) is 0.377. The minimum atomic E-state index is -0.594. The predicted octanol–water partition coefficient (Wildman–Crippen LogP) is 0.925. The first kappa shape index (κ1) is 7.82. The normalized spacial score (nSPS) is 32.9. The molecule has 2 heterocycles. The van der Waals surface area contributed by atoms with E-state index in [-0.39, 0.29) is 11.7 Å². The van der Waals surface area contributed by atoms with Gasteiger partial charge in [-0.05, 0) is 25.1 Å². The van der Waals surface area contributed by atoms with Crippen LogP contribution in [0.1, 0.15) is 12.5 Å². The summed E-state index contributed by atoms with van der Waals surface area (Å²) >= 11 is 0. The zero-order valence-electron chi connectivity index (χ0n) is 7.48. The molecular formula is C10H8O4. The molecule has 1 aromatic rings. The molecule has 1 fully saturated rings. The van der Waals surface area contributed by atoms with E-state index in [1.54, 1.807) is 12.1 Å². The molecule has 1 aromatic carbocycles. The Balaban J connectivity index is 2.21. The number of fused-ring (bicyclic) bond motifs is 3. The van der Waals surface area contributed by atoms with Gasteiger partial charge in [0.05, 0.1) is 0 Å². The molecule has 0 aliphatic carbocycles. The highest BCUT2D eigenvalue weighted by molar-refractivity contribution is 5.85. The average Bonchev–Trinajstić information content (AvgIpc) is 2.82. The number of ether oxygens (including phenoxy) is 2. The van der Waals surface area contributed by atoms with Crippen molar-refractivity contribution in [2.24, 2.45) is 0 Å². The molecule has 3 rings (SSSR count). The minimum Gasteiger partial charge on any atom is -0.508 e. The SMILES string of the molecule is CC12OC1C(=O)Oc1ccc(O)cc12. The van der Waals surface area contributed by atoms with Crippen LogP contribution in [0, 0.1) is 0 Å². The average molecular weight is 192 g/mol. The van der Waals surface area contributed by atoms with E-state index >= 15 is 0 Å². The third-order valence-corrected chi connectivity index (χ3v) is 2.73. The first-order valence-electron chi connectivity index (χ1n) is 4.34. The van der Waals surface area contributed by atoms with E-state index in [1.165, 1.54) is 6.07 Å². The number of rotatable bonds is 0. The lowest BCUT2D eigenvalue weighted by Crippen LogP contribution is -2.27. The van der Waals surface area contributed by atoms with Crippen molar-refractivity contribution in [1.29, 1.82) is 0 Å². The van der Waals surface area contributed by atoms with Crippen molar-refractivity contribution in [3.63, 3.8) is 0 Å². The molecule has 0 amide bonds. The Morgan fingerprint density at radius 2 is 2.29 bits per heavy atom. The van der Waals surface area contributed by atoms with Gasteiger partial charge in [-0.3, -0.25) is 0 Å². The molecule has 4 heteroatoms. The van der Waals surface area contributed by atoms with Crippen LogP contribution in [0.15, 0.2) is 18.2 Å². The van der Waals surface area contributed by atoms with E-state index in [2.05, 4.69) is 0 Å². The largest absolute Gasteiger partial charge is 0.508 e. The first-order valence-corrected chi connectivity index (χ1v) is 4.34. The molecule has 2 aliphatic heterocycles. The highest BCUT2D eigenvalue weighted by Crippen LogP contribution is 2.53. The van der Waals surface area contributed by atoms with Gasteiger partial charge in [-0.25, -0.2) is 4.79 Å². The Kier molecular flexibility index (Phi) is 1.17. The Morgan fingerprint density at radius 1 is 1.50 bits per heavy atom. The maximum atomic E-state index is 11.3. The number of epoxide rings is 1. The van der Waals surface area contributed by atoms with Gasteiger partial charge in [0.25, 0.3) is 0 Å². The number of phenolic OH excluding ortho intramolecular Hbond substituents is 1. The fourth-order valence-corrected chi connectivity index (χ4v) is 1.85. The van der Waals surface area contributed by atoms with Crippen molar-refractivity contribution in [2.45, 2.75) is 18.6 Å². The lowest BCUT2D eigenvalue weighted by atomic mass is 9.94. The molecule has 4 nitrogen and oxygen atoms in total. The van der Waals surface area contributed by atoms with E-state index < -0.39 is 11.7 Å². The second kappa shape index (κ2) is 2.09. The zero-order valence-corrected chi connectivity index (χ0v) is 7.48. The van der Waals surface area contributed by atoms with Gasteiger partial charge < -0.3 is 14.6 Å². The maximum Gasteiger partial charge on any atom is 0.344 e. The minimum absolute atomic E-state index is 0.150. The molecule has 2 aliphatic rings. The summed E-state index contributed by atoms with van der Waals surface area (Å²) in [7, 11) is 0. The predicted molar refractivity (Wildman–Crippen MR) is 46.0 cm³/mol. The van der Waals surface area contributed by atoms with Crippen LogP contribution in [0.25, 0.3) is 0 Å². The van der Waals surface area contributed by atoms with Crippen LogP contribution in [0.3, 0.4) is 0 Å². The number of carbonyl (C=O) groups is 1. The van der Waals surface area contributed by atoms with Crippen molar-refractivity contribution in [1.82, 2.24) is 0 Å². The number of hydrogen-bond acceptors (Lipinski definition) is 4. The van der Waals surface area contributed by atoms with Crippen molar-refractivity contribution in [2.75, 3.05) is 0 Å². The van der Waals surface area contributed by atoms with Crippen LogP contribution in [-0.2, 0) is 15.1 Å². The van der Waals surface area contributed by atoms with E-state index in [1.807, 2.05) is 6.92 Å². The Morgan fingerprint density at radius 3 is 3.07 bits per heavy atom. The topological polar surface area (TPSA) is 59.1 Å². The van der Waals surface area contributed by atoms with Crippen molar-refractivity contribution in [3.8, 4) is 11.5 Å². The summed E-state index contributed by atoms with van der Waals surface area (Å²) in [5, 5.41) is 9.31. The zero-order chi connectivity index (χ0) is 9.92. The summed E-state index contributed by atoms with van der Waals surface area (Å²) in [5.74, 6) is 0.270. The smallest absolute Gasteiger partial charge is 0.344 e. The molecule has 0 spiro atoms. The third-order valence-electron chi connectivity index (χ3n) is 2.73. The van der Waals surface area contributed by atoms with E-state index in [9.17, 15) is 9.90 Å².